The number of esters is 3. The molecule has 5 aromatic carbocycles. The van der Waals surface area contributed by atoms with E-state index in [-0.39, 0.29) is 62.9 Å². The van der Waals surface area contributed by atoms with Crippen LogP contribution in [0.15, 0.2) is 133 Å². The highest BCUT2D eigenvalue weighted by Gasteiger charge is 2.64. The normalized spacial score (nSPS) is 21.2. The zero-order valence-electron chi connectivity index (χ0n) is 56.1. The van der Waals surface area contributed by atoms with Gasteiger partial charge in [-0.05, 0) is 230 Å². The van der Waals surface area contributed by atoms with Crippen LogP contribution in [0.1, 0.15) is 188 Å². The molecule has 0 spiro atoms. The number of benzene rings is 5. The summed E-state index contributed by atoms with van der Waals surface area (Å²) in [6.07, 6.45) is 4.69. The number of imide groups is 1. The maximum Gasteiger partial charge on any atom is 0.426 e. The minimum absolute atomic E-state index is 0.00100. The van der Waals surface area contributed by atoms with Crippen LogP contribution in [0.3, 0.4) is 0 Å². The summed E-state index contributed by atoms with van der Waals surface area (Å²) in [6.45, 7) is 22.9. The third kappa shape index (κ3) is 20.1. The van der Waals surface area contributed by atoms with Crippen LogP contribution in [0.4, 0.5) is 13.2 Å². The van der Waals surface area contributed by atoms with Gasteiger partial charge in [0.15, 0.2) is 14.3 Å². The first-order chi connectivity index (χ1) is 43.8. The molecule has 4 fully saturated rings. The fourth-order valence-electron chi connectivity index (χ4n) is 12.1. The Balaban J connectivity index is 0.000000195. The van der Waals surface area contributed by atoms with E-state index in [0.717, 1.165) is 42.1 Å². The lowest BCUT2D eigenvalue weighted by Gasteiger charge is -2.60. The number of amides is 2. The Morgan fingerprint density at radius 1 is 0.723 bits per heavy atom. The van der Waals surface area contributed by atoms with Crippen molar-refractivity contribution in [3.05, 3.63) is 148 Å². The van der Waals surface area contributed by atoms with Crippen molar-refractivity contribution in [2.45, 2.75) is 196 Å². The van der Waals surface area contributed by atoms with Crippen LogP contribution < -0.4 is 5.32 Å². The number of fused-ring (bicyclic) bond motifs is 3. The Labute approximate surface area is 569 Å². The highest BCUT2D eigenvalue weighted by Crippen LogP contribution is 2.64. The molecular formula is C74H93F3INO13S2. The van der Waals surface area contributed by atoms with E-state index in [4.69, 9.17) is 14.6 Å². The molecule has 4 saturated carbocycles. The van der Waals surface area contributed by atoms with Gasteiger partial charge in [0, 0.05) is 36.6 Å². The summed E-state index contributed by atoms with van der Waals surface area (Å²) in [5.74, 6) is -3.66. The molecular weight excluding hydrogens is 1360 g/mol. The van der Waals surface area contributed by atoms with Crippen LogP contribution in [0.25, 0.3) is 25.1 Å². The fraction of sp³-hybridized carbons (Fsp3) is 0.500. The number of nitrogens with one attached hydrogen (secondary N) is 1. The summed E-state index contributed by atoms with van der Waals surface area (Å²) >= 11 is 2.04. The summed E-state index contributed by atoms with van der Waals surface area (Å²) in [7, 11) is -5.21. The van der Waals surface area contributed by atoms with Gasteiger partial charge in [-0.25, -0.2) is 8.42 Å². The number of thiophene rings is 1. The van der Waals surface area contributed by atoms with Crippen LogP contribution >= 0.6 is 33.1 Å². The van der Waals surface area contributed by atoms with Crippen LogP contribution in [-0.4, -0.2) is 82.1 Å². The first kappa shape index (κ1) is 76.7. The first-order valence-corrected chi connectivity index (χ1v) is 36.2. The Morgan fingerprint density at radius 3 is 1.77 bits per heavy atom. The summed E-state index contributed by atoms with van der Waals surface area (Å²) in [4.78, 5) is 62.8. The number of phenolic OH excluding ortho intramolecular Hbond substituents is 2. The standard InChI is InChI=1S/C20H29F3O7S.C18H13S.C13H16INO3.C13H22O2.C10H14O/c1-4-17(2,3)15(24)30-19-8-12-5-13(9-19)7-18(6-12,11-19)16(25)29-14(20(21,22)23)10-31(26,27)28;1-2-8-14(9-3-1)19-17-12-6-4-10-15(17)16-11-5-7-13-18(16)19;1-4-13(2,3)12(18)15-11(17)9-7-8(14)5-6-10(9)16;1-5-12(2,3)11(14)15-13(4)9-7-6-8-10-13;1-3-8(2)9-5-4-6-10(11)7-9/h12-14H,4-11H2,1-3H3,(H,26,27,28);1-13H;5-7,16H,4H2,1-3H3,(H,15,17,18);7,9H,5-6,8,10H2,1-4H3;4-8,11H,3H2,1-2H3/q;+1;;;/p-1. The molecule has 14 nitrogen and oxygen atoms in total. The number of aromatic hydroxyl groups is 2. The molecule has 0 aliphatic heterocycles. The van der Waals surface area contributed by atoms with E-state index < -0.39 is 67.8 Å². The minimum Gasteiger partial charge on any atom is -0.748 e. The lowest BCUT2D eigenvalue weighted by molar-refractivity contribution is -0.239. The molecule has 3 N–H and O–H groups in total. The van der Waals surface area contributed by atoms with Crippen molar-refractivity contribution < 1.29 is 74.5 Å². The van der Waals surface area contributed by atoms with Gasteiger partial charge in [-0.15, -0.1) is 0 Å². The molecule has 4 bridgehead atoms. The number of allylic oxidation sites excluding steroid dienone is 1. The van der Waals surface area contributed by atoms with Crippen LogP contribution in [-0.2, 0) is 43.5 Å². The van der Waals surface area contributed by atoms with E-state index in [1.165, 1.54) is 42.8 Å². The molecule has 2 amide bonds. The Morgan fingerprint density at radius 2 is 1.27 bits per heavy atom. The number of hydrogen-bond acceptors (Lipinski definition) is 13. The molecule has 512 valence electrons. The fourth-order valence-corrected chi connectivity index (χ4v) is 15.7. The number of carbonyl (C=O) groups is 5. The van der Waals surface area contributed by atoms with Gasteiger partial charge < -0.3 is 29.0 Å². The second-order valence-electron chi connectivity index (χ2n) is 27.6. The van der Waals surface area contributed by atoms with Gasteiger partial charge in [0.2, 0.25) is 12.0 Å². The van der Waals surface area contributed by atoms with Crippen LogP contribution in [0.5, 0.6) is 11.5 Å². The van der Waals surface area contributed by atoms with Crippen LogP contribution in [0, 0.1) is 37.1 Å². The molecule has 1 heterocycles. The largest absolute Gasteiger partial charge is 0.748 e. The molecule has 94 heavy (non-hydrogen) atoms. The predicted molar refractivity (Wildman–Crippen MR) is 372 cm³/mol. The van der Waals surface area contributed by atoms with Gasteiger partial charge in [0.25, 0.3) is 5.91 Å². The zero-order chi connectivity index (χ0) is 69.8. The molecule has 20 heteroatoms. The molecule has 5 aliphatic carbocycles. The summed E-state index contributed by atoms with van der Waals surface area (Å²) in [6, 6.07) is 40.5. The van der Waals surface area contributed by atoms with E-state index in [9.17, 15) is 55.2 Å². The van der Waals surface area contributed by atoms with Crippen molar-refractivity contribution in [3.8, 4) is 16.4 Å². The first-order valence-electron chi connectivity index (χ1n) is 32.3. The van der Waals surface area contributed by atoms with Gasteiger partial charge in [0.1, 0.15) is 22.7 Å². The maximum absolute atomic E-state index is 13.3. The number of hydrogen-bond donors (Lipinski definition) is 3. The number of ether oxygens (including phenoxy) is 3. The topological polar surface area (TPSA) is 223 Å². The van der Waals surface area contributed by atoms with Gasteiger partial charge >= 0.3 is 24.1 Å². The van der Waals surface area contributed by atoms with Gasteiger partial charge in [0.05, 0.1) is 37.7 Å². The van der Waals surface area contributed by atoms with Gasteiger partial charge in [-0.1, -0.05) is 109 Å². The Bertz CT molecular complexity index is 3700. The van der Waals surface area contributed by atoms with Crippen LogP contribution in [0.2, 0.25) is 0 Å². The van der Waals surface area contributed by atoms with Gasteiger partial charge in [-0.3, -0.25) is 29.3 Å². The molecule has 0 saturated heterocycles. The number of rotatable bonds is 16. The Kier molecular flexibility index (Phi) is 25.8. The van der Waals surface area contributed by atoms with E-state index in [1.54, 1.807) is 39.8 Å². The molecule has 5 atom stereocenters. The molecule has 11 rings (SSSR count). The quantitative estimate of drug-likeness (QED) is 0.0205. The molecule has 0 radical (unpaired) electrons. The highest BCUT2D eigenvalue weighted by atomic mass is 127. The second-order valence-corrected chi connectivity index (χ2v) is 32.3. The van der Waals surface area contributed by atoms with Crippen molar-refractivity contribution >= 4 is 93.1 Å². The Hall–Kier alpha value is -6.36. The smallest absolute Gasteiger partial charge is 0.426 e. The van der Waals surface area contributed by atoms with Crippen molar-refractivity contribution in [2.75, 3.05) is 5.75 Å². The van der Waals surface area contributed by atoms with Crippen molar-refractivity contribution in [2.24, 2.45) is 33.5 Å². The lowest BCUT2D eigenvalue weighted by atomic mass is 9.48. The highest BCUT2D eigenvalue weighted by molar-refractivity contribution is 14.1. The number of phenols is 2. The van der Waals surface area contributed by atoms with E-state index in [2.05, 4.69) is 109 Å². The summed E-state index contributed by atoms with van der Waals surface area (Å²) in [5, 5.41) is 23.9. The minimum atomic E-state index is -5.27. The zero-order valence-corrected chi connectivity index (χ0v) is 59.9. The molecule has 6 aromatic rings. The monoisotopic (exact) mass is 1450 g/mol. The number of carbonyl (C=O) groups excluding carboxylic acids is 5. The molecule has 1 aromatic heterocycles. The predicted octanol–water partition coefficient (Wildman–Crippen LogP) is 18.1. The SMILES string of the molecule is CCC(C)(C)C(=O)NC(=O)c1cc(I)ccc1O.CCC(C)(C)C(=O)OC1(C)C=CCCC1.CCC(C)(C)C(=O)OC12CC3CC(C1)CC(C(=O)OC(CS(=O)(=O)[O-])C(F)(F)F)(C3)C2.CCC(C)c1cccc(O)c1.c1ccc(-[s+]2c3ccccc3c3ccccc32)cc1. The van der Waals surface area contributed by atoms with Crippen molar-refractivity contribution in [1.82, 2.24) is 5.32 Å². The van der Waals surface area contributed by atoms with Gasteiger partial charge in [-0.2, -0.15) is 13.2 Å². The average Bonchev–Trinajstić information content (AvgIpc) is 0.895. The molecule has 5 unspecified atom stereocenters. The van der Waals surface area contributed by atoms with Crippen molar-refractivity contribution in [1.29, 1.82) is 0 Å². The lowest BCUT2D eigenvalue weighted by Crippen LogP contribution is -2.61. The van der Waals surface area contributed by atoms with E-state index >= 15 is 0 Å². The molecule has 5 aliphatic rings. The van der Waals surface area contributed by atoms with Crippen molar-refractivity contribution in [3.63, 3.8) is 0 Å². The second kappa shape index (κ2) is 31.7. The number of alkyl halides is 3. The summed E-state index contributed by atoms with van der Waals surface area (Å²) < 4.78 is 92.4. The third-order valence-electron chi connectivity index (χ3n) is 18.9. The average molecular weight is 1450 g/mol. The van der Waals surface area contributed by atoms with E-state index in [0.29, 0.717) is 50.2 Å². The summed E-state index contributed by atoms with van der Waals surface area (Å²) in [5.41, 5.74) is -2.97. The number of halogens is 4. The van der Waals surface area contributed by atoms with E-state index in [1.807, 2.05) is 88.4 Å². The third-order valence-corrected chi connectivity index (χ3v) is 22.6. The maximum atomic E-state index is 13.3.